The SMILES string of the molecule is CCN(C(=O)O)C1(CC)CCN(c2cnc3cc(Cl)ccc3n2)CC1. The summed E-state index contributed by atoms with van der Waals surface area (Å²) in [6.07, 6.45) is 3.35. The number of halogens is 1. The second-order valence-corrected chi connectivity index (χ2v) is 6.89. The average molecular weight is 363 g/mol. The smallest absolute Gasteiger partial charge is 0.407 e. The molecule has 2 aromatic rings. The van der Waals surface area contributed by atoms with Crippen molar-refractivity contribution < 1.29 is 9.90 Å². The number of nitrogens with zero attached hydrogens (tertiary/aromatic N) is 4. The molecule has 0 unspecified atom stereocenters. The molecule has 1 aromatic carbocycles. The number of aromatic nitrogens is 2. The highest BCUT2D eigenvalue weighted by Gasteiger charge is 2.40. The Morgan fingerprint density at radius 2 is 2.04 bits per heavy atom. The van der Waals surface area contributed by atoms with Gasteiger partial charge in [0.25, 0.3) is 0 Å². The van der Waals surface area contributed by atoms with Crippen molar-refractivity contribution in [1.29, 1.82) is 0 Å². The molecule has 6 nitrogen and oxygen atoms in total. The molecule has 1 amide bonds. The molecular formula is C18H23ClN4O2. The van der Waals surface area contributed by atoms with E-state index in [9.17, 15) is 9.90 Å². The first-order valence-electron chi connectivity index (χ1n) is 8.67. The molecule has 3 rings (SSSR count). The molecule has 1 N–H and O–H groups in total. The lowest BCUT2D eigenvalue weighted by Crippen LogP contribution is -2.57. The number of hydrogen-bond donors (Lipinski definition) is 1. The van der Waals surface area contributed by atoms with Gasteiger partial charge in [-0.15, -0.1) is 0 Å². The van der Waals surface area contributed by atoms with E-state index in [0.29, 0.717) is 11.6 Å². The Bertz CT molecular complexity index is 775. The van der Waals surface area contributed by atoms with Crippen LogP contribution in [0.25, 0.3) is 11.0 Å². The summed E-state index contributed by atoms with van der Waals surface area (Å²) in [6.45, 7) is 6.02. The molecule has 1 aliphatic rings. The Balaban J connectivity index is 1.79. The van der Waals surface area contributed by atoms with Gasteiger partial charge in [-0.2, -0.15) is 0 Å². The highest BCUT2D eigenvalue weighted by molar-refractivity contribution is 6.31. The second kappa shape index (κ2) is 7.04. The van der Waals surface area contributed by atoms with Crippen LogP contribution in [0.3, 0.4) is 0 Å². The molecule has 1 aromatic heterocycles. The summed E-state index contributed by atoms with van der Waals surface area (Å²) in [6, 6.07) is 5.49. The minimum atomic E-state index is -0.833. The molecule has 2 heterocycles. The average Bonchev–Trinajstić information content (AvgIpc) is 2.62. The minimum absolute atomic E-state index is 0.283. The van der Waals surface area contributed by atoms with E-state index in [1.54, 1.807) is 17.2 Å². The predicted molar refractivity (Wildman–Crippen MR) is 99.4 cm³/mol. The molecule has 25 heavy (non-hydrogen) atoms. The van der Waals surface area contributed by atoms with Crippen LogP contribution >= 0.6 is 11.6 Å². The van der Waals surface area contributed by atoms with Crippen molar-refractivity contribution in [2.45, 2.75) is 38.6 Å². The van der Waals surface area contributed by atoms with Gasteiger partial charge in [0.2, 0.25) is 0 Å². The summed E-state index contributed by atoms with van der Waals surface area (Å²) in [5.74, 6) is 0.831. The first-order valence-corrected chi connectivity index (χ1v) is 9.04. The summed E-state index contributed by atoms with van der Waals surface area (Å²) in [5.41, 5.74) is 1.31. The first kappa shape index (κ1) is 17.7. The van der Waals surface area contributed by atoms with Gasteiger partial charge < -0.3 is 14.9 Å². The molecule has 134 valence electrons. The van der Waals surface area contributed by atoms with Crippen molar-refractivity contribution in [1.82, 2.24) is 14.9 Å². The molecule has 0 aliphatic carbocycles. The van der Waals surface area contributed by atoms with E-state index in [0.717, 1.165) is 49.2 Å². The van der Waals surface area contributed by atoms with Crippen molar-refractivity contribution in [2.24, 2.45) is 0 Å². The topological polar surface area (TPSA) is 69.6 Å². The molecule has 1 saturated heterocycles. The summed E-state index contributed by atoms with van der Waals surface area (Å²) in [4.78, 5) is 24.5. The fraction of sp³-hybridized carbons (Fsp3) is 0.500. The number of piperidine rings is 1. The third kappa shape index (κ3) is 3.35. The quantitative estimate of drug-likeness (QED) is 0.889. The number of rotatable bonds is 4. The lowest BCUT2D eigenvalue weighted by Gasteiger charge is -2.47. The zero-order chi connectivity index (χ0) is 18.0. The largest absolute Gasteiger partial charge is 0.465 e. The van der Waals surface area contributed by atoms with Gasteiger partial charge >= 0.3 is 6.09 Å². The second-order valence-electron chi connectivity index (χ2n) is 6.45. The van der Waals surface area contributed by atoms with Gasteiger partial charge in [-0.3, -0.25) is 4.98 Å². The molecular weight excluding hydrogens is 340 g/mol. The van der Waals surface area contributed by atoms with Gasteiger partial charge in [0.15, 0.2) is 0 Å². The van der Waals surface area contributed by atoms with Crippen LogP contribution in [-0.4, -0.2) is 51.2 Å². The molecule has 0 spiro atoms. The zero-order valence-electron chi connectivity index (χ0n) is 14.6. The highest BCUT2D eigenvalue weighted by atomic mass is 35.5. The van der Waals surface area contributed by atoms with E-state index in [2.05, 4.69) is 21.8 Å². The lowest BCUT2D eigenvalue weighted by molar-refractivity contribution is 0.0586. The van der Waals surface area contributed by atoms with Crippen LogP contribution in [0, 0.1) is 0 Å². The van der Waals surface area contributed by atoms with E-state index in [1.165, 1.54) is 0 Å². The number of carboxylic acid groups (broad SMARTS) is 1. The van der Waals surface area contributed by atoms with Gasteiger partial charge in [-0.1, -0.05) is 18.5 Å². The van der Waals surface area contributed by atoms with Gasteiger partial charge in [-0.05, 0) is 44.4 Å². The first-order chi connectivity index (χ1) is 12.0. The van der Waals surface area contributed by atoms with Crippen molar-refractivity contribution in [3.05, 3.63) is 29.4 Å². The van der Waals surface area contributed by atoms with E-state index in [-0.39, 0.29) is 5.54 Å². The normalized spacial score (nSPS) is 16.8. The third-order valence-electron chi connectivity index (χ3n) is 5.29. The fourth-order valence-corrected chi connectivity index (χ4v) is 3.93. The number of anilines is 1. The monoisotopic (exact) mass is 362 g/mol. The van der Waals surface area contributed by atoms with Crippen LogP contribution in [0.5, 0.6) is 0 Å². The summed E-state index contributed by atoms with van der Waals surface area (Å²) in [5, 5.41) is 10.2. The van der Waals surface area contributed by atoms with Crippen molar-refractivity contribution in [3.8, 4) is 0 Å². The van der Waals surface area contributed by atoms with Crippen LogP contribution < -0.4 is 4.90 Å². The number of benzene rings is 1. The van der Waals surface area contributed by atoms with Crippen LogP contribution in [0.4, 0.5) is 10.6 Å². The van der Waals surface area contributed by atoms with E-state index < -0.39 is 6.09 Å². The number of amides is 1. The minimum Gasteiger partial charge on any atom is -0.465 e. The summed E-state index contributed by atoms with van der Waals surface area (Å²) < 4.78 is 0. The number of carbonyl (C=O) groups is 1. The summed E-state index contributed by atoms with van der Waals surface area (Å²) >= 11 is 5.99. The molecule has 0 atom stereocenters. The Morgan fingerprint density at radius 1 is 1.32 bits per heavy atom. The maximum Gasteiger partial charge on any atom is 0.407 e. The van der Waals surface area contributed by atoms with Crippen LogP contribution in [0.2, 0.25) is 5.02 Å². The molecule has 0 bridgehead atoms. The summed E-state index contributed by atoms with van der Waals surface area (Å²) in [7, 11) is 0. The maximum absolute atomic E-state index is 11.6. The van der Waals surface area contributed by atoms with Crippen LogP contribution in [0.15, 0.2) is 24.4 Å². The van der Waals surface area contributed by atoms with Crippen LogP contribution in [0.1, 0.15) is 33.1 Å². The number of fused-ring (bicyclic) bond motifs is 1. The fourth-order valence-electron chi connectivity index (χ4n) is 3.77. The lowest BCUT2D eigenvalue weighted by atomic mass is 9.83. The van der Waals surface area contributed by atoms with Crippen molar-refractivity contribution in [2.75, 3.05) is 24.5 Å². The molecule has 1 aliphatic heterocycles. The van der Waals surface area contributed by atoms with E-state index in [1.807, 2.05) is 19.1 Å². The van der Waals surface area contributed by atoms with Crippen molar-refractivity contribution >= 4 is 34.5 Å². The predicted octanol–water partition coefficient (Wildman–Crippen LogP) is 4.03. The van der Waals surface area contributed by atoms with Gasteiger partial charge in [0.1, 0.15) is 5.82 Å². The number of hydrogen-bond acceptors (Lipinski definition) is 4. The van der Waals surface area contributed by atoms with E-state index >= 15 is 0 Å². The molecule has 0 radical (unpaired) electrons. The van der Waals surface area contributed by atoms with Gasteiger partial charge in [-0.25, -0.2) is 9.78 Å². The highest BCUT2D eigenvalue weighted by Crippen LogP contribution is 2.34. The molecule has 7 heteroatoms. The molecule has 1 fully saturated rings. The standard InChI is InChI=1S/C18H23ClN4O2/c1-3-18(23(4-2)17(24)25)7-9-22(10-8-18)16-12-20-15-11-13(19)5-6-14(15)21-16/h5-6,11-12H,3-4,7-10H2,1-2H3,(H,24,25). The third-order valence-corrected chi connectivity index (χ3v) is 5.52. The zero-order valence-corrected chi connectivity index (χ0v) is 15.3. The maximum atomic E-state index is 11.6. The molecule has 0 saturated carbocycles. The van der Waals surface area contributed by atoms with E-state index in [4.69, 9.17) is 11.6 Å². The van der Waals surface area contributed by atoms with Gasteiger partial charge in [0, 0.05) is 30.2 Å². The van der Waals surface area contributed by atoms with Gasteiger partial charge in [0.05, 0.1) is 17.2 Å². The van der Waals surface area contributed by atoms with Crippen molar-refractivity contribution in [3.63, 3.8) is 0 Å². The Labute approximate surface area is 152 Å². The van der Waals surface area contributed by atoms with Crippen LogP contribution in [-0.2, 0) is 0 Å². The Morgan fingerprint density at radius 3 is 2.64 bits per heavy atom. The Hall–Kier alpha value is -2.08. The Kier molecular flexibility index (Phi) is 4.99.